The Kier molecular flexibility index (Phi) is 4.98. The van der Waals surface area contributed by atoms with E-state index in [9.17, 15) is 0 Å². The Morgan fingerprint density at radius 2 is 2.21 bits per heavy atom. The number of nitrogens with one attached hydrogen (secondary N) is 1. The molecule has 1 aliphatic heterocycles. The zero-order valence-corrected chi connectivity index (χ0v) is 13.4. The van der Waals surface area contributed by atoms with Gasteiger partial charge in [0.15, 0.2) is 0 Å². The van der Waals surface area contributed by atoms with Gasteiger partial charge in [-0.15, -0.1) is 11.3 Å². The summed E-state index contributed by atoms with van der Waals surface area (Å²) >= 11 is 1.88. The van der Waals surface area contributed by atoms with Crippen LogP contribution in [-0.2, 0) is 16.7 Å². The molecule has 0 radical (unpaired) electrons. The van der Waals surface area contributed by atoms with Crippen molar-refractivity contribution in [2.75, 3.05) is 19.8 Å². The molecule has 0 saturated carbocycles. The number of thiazole rings is 1. The quantitative estimate of drug-likeness (QED) is 0.918. The molecule has 0 amide bonds. The summed E-state index contributed by atoms with van der Waals surface area (Å²) in [5.41, 5.74) is 1.38. The highest BCUT2D eigenvalue weighted by Crippen LogP contribution is 2.35. The summed E-state index contributed by atoms with van der Waals surface area (Å²) < 4.78 is 5.60. The molecule has 2 rings (SSSR count). The normalized spacial score (nSPS) is 20.7. The highest BCUT2D eigenvalue weighted by molar-refractivity contribution is 7.11. The standard InChI is InChI=1S/C15H26N2OS/c1-5-16-9-12-13(15(2,3)4)17-14(19-12)11-7-6-8-18-10-11/h11,16H,5-10H2,1-4H3. The molecule has 1 N–H and O–H groups in total. The number of nitrogens with zero attached hydrogens (tertiary/aromatic N) is 1. The van der Waals surface area contributed by atoms with E-state index in [2.05, 4.69) is 33.0 Å². The third-order valence-corrected chi connectivity index (χ3v) is 4.69. The zero-order valence-electron chi connectivity index (χ0n) is 12.6. The van der Waals surface area contributed by atoms with Gasteiger partial charge in [-0.3, -0.25) is 0 Å². The van der Waals surface area contributed by atoms with Crippen molar-refractivity contribution >= 4 is 11.3 Å². The van der Waals surface area contributed by atoms with Crippen LogP contribution >= 0.6 is 11.3 Å². The van der Waals surface area contributed by atoms with Gasteiger partial charge in [0.1, 0.15) is 0 Å². The number of aromatic nitrogens is 1. The predicted molar refractivity (Wildman–Crippen MR) is 81.0 cm³/mol. The van der Waals surface area contributed by atoms with Crippen LogP contribution in [0.15, 0.2) is 0 Å². The van der Waals surface area contributed by atoms with Crippen LogP contribution in [-0.4, -0.2) is 24.7 Å². The van der Waals surface area contributed by atoms with E-state index in [0.717, 1.165) is 32.7 Å². The van der Waals surface area contributed by atoms with E-state index in [0.29, 0.717) is 5.92 Å². The molecule has 1 atom stereocenters. The number of hydrogen-bond donors (Lipinski definition) is 1. The lowest BCUT2D eigenvalue weighted by atomic mass is 9.91. The van der Waals surface area contributed by atoms with Crippen LogP contribution in [0.4, 0.5) is 0 Å². The number of ether oxygens (including phenoxy) is 1. The van der Waals surface area contributed by atoms with E-state index in [-0.39, 0.29) is 5.41 Å². The van der Waals surface area contributed by atoms with Gasteiger partial charge in [0.25, 0.3) is 0 Å². The minimum absolute atomic E-state index is 0.120. The Morgan fingerprint density at radius 1 is 1.42 bits per heavy atom. The van der Waals surface area contributed by atoms with Crippen LogP contribution in [0.5, 0.6) is 0 Å². The van der Waals surface area contributed by atoms with Crippen molar-refractivity contribution in [3.05, 3.63) is 15.6 Å². The summed E-state index contributed by atoms with van der Waals surface area (Å²) in [4.78, 5) is 6.35. The molecule has 0 aliphatic carbocycles. The lowest BCUT2D eigenvalue weighted by molar-refractivity contribution is 0.0803. The van der Waals surface area contributed by atoms with Crippen molar-refractivity contribution in [2.24, 2.45) is 0 Å². The second kappa shape index (κ2) is 6.33. The highest BCUT2D eigenvalue weighted by Gasteiger charge is 2.26. The fourth-order valence-electron chi connectivity index (χ4n) is 2.42. The Balaban J connectivity index is 2.22. The summed E-state index contributed by atoms with van der Waals surface area (Å²) in [6.45, 7) is 12.6. The minimum atomic E-state index is 0.120. The van der Waals surface area contributed by atoms with E-state index in [4.69, 9.17) is 9.72 Å². The third kappa shape index (κ3) is 3.77. The largest absolute Gasteiger partial charge is 0.381 e. The molecule has 0 spiro atoms. The summed E-state index contributed by atoms with van der Waals surface area (Å²) in [7, 11) is 0. The van der Waals surface area contributed by atoms with Crippen molar-refractivity contribution in [1.29, 1.82) is 0 Å². The molecule has 1 aromatic rings. The molecule has 2 heterocycles. The van der Waals surface area contributed by atoms with Gasteiger partial charge >= 0.3 is 0 Å². The summed E-state index contributed by atoms with van der Waals surface area (Å²) in [6, 6.07) is 0. The summed E-state index contributed by atoms with van der Waals surface area (Å²) in [5.74, 6) is 0.509. The van der Waals surface area contributed by atoms with Gasteiger partial charge in [-0.1, -0.05) is 27.7 Å². The highest BCUT2D eigenvalue weighted by atomic mass is 32.1. The molecular weight excluding hydrogens is 256 g/mol. The van der Waals surface area contributed by atoms with Gasteiger partial charge in [-0.05, 0) is 19.4 Å². The minimum Gasteiger partial charge on any atom is -0.381 e. The average Bonchev–Trinajstić information content (AvgIpc) is 2.81. The van der Waals surface area contributed by atoms with Crippen LogP contribution in [0, 0.1) is 0 Å². The fraction of sp³-hybridized carbons (Fsp3) is 0.800. The lowest BCUT2D eigenvalue weighted by Crippen LogP contribution is -2.19. The average molecular weight is 282 g/mol. The van der Waals surface area contributed by atoms with Gasteiger partial charge in [0, 0.05) is 29.4 Å². The molecule has 4 heteroatoms. The van der Waals surface area contributed by atoms with E-state index in [1.165, 1.54) is 22.0 Å². The topological polar surface area (TPSA) is 34.1 Å². The second-order valence-electron chi connectivity index (χ2n) is 6.27. The maximum Gasteiger partial charge on any atom is 0.0985 e. The third-order valence-electron chi connectivity index (χ3n) is 3.47. The van der Waals surface area contributed by atoms with Gasteiger partial charge in [0.2, 0.25) is 0 Å². The SMILES string of the molecule is CCNCc1sc(C2CCCOC2)nc1C(C)(C)C. The number of hydrogen-bond acceptors (Lipinski definition) is 4. The van der Waals surface area contributed by atoms with Crippen molar-refractivity contribution in [3.8, 4) is 0 Å². The smallest absolute Gasteiger partial charge is 0.0985 e. The molecule has 1 fully saturated rings. The van der Waals surface area contributed by atoms with Crippen molar-refractivity contribution in [1.82, 2.24) is 10.3 Å². The molecule has 19 heavy (non-hydrogen) atoms. The zero-order chi connectivity index (χ0) is 13.9. The van der Waals surface area contributed by atoms with Crippen LogP contribution in [0.25, 0.3) is 0 Å². The first kappa shape index (κ1) is 14.9. The van der Waals surface area contributed by atoms with Gasteiger partial charge in [-0.2, -0.15) is 0 Å². The van der Waals surface area contributed by atoms with Crippen LogP contribution in [0.3, 0.4) is 0 Å². The maximum absolute atomic E-state index is 5.60. The summed E-state index contributed by atoms with van der Waals surface area (Å²) in [6.07, 6.45) is 2.38. The van der Waals surface area contributed by atoms with Crippen LogP contribution in [0.2, 0.25) is 0 Å². The maximum atomic E-state index is 5.60. The Bertz CT molecular complexity index is 403. The van der Waals surface area contributed by atoms with E-state index < -0.39 is 0 Å². The first-order valence-corrected chi connectivity index (χ1v) is 8.12. The molecule has 3 nitrogen and oxygen atoms in total. The lowest BCUT2D eigenvalue weighted by Gasteiger charge is -2.20. The van der Waals surface area contributed by atoms with Gasteiger partial charge in [-0.25, -0.2) is 4.98 Å². The van der Waals surface area contributed by atoms with Crippen LogP contribution in [0.1, 0.15) is 62.0 Å². The molecule has 1 aromatic heterocycles. The van der Waals surface area contributed by atoms with Gasteiger partial charge in [0.05, 0.1) is 17.3 Å². The van der Waals surface area contributed by atoms with Gasteiger partial charge < -0.3 is 10.1 Å². The fourth-order valence-corrected chi connectivity index (χ4v) is 3.79. The van der Waals surface area contributed by atoms with Crippen molar-refractivity contribution in [2.45, 2.75) is 58.4 Å². The molecule has 1 unspecified atom stereocenters. The first-order chi connectivity index (χ1) is 9.02. The molecular formula is C15H26N2OS. The predicted octanol–water partition coefficient (Wildman–Crippen LogP) is 3.44. The molecule has 0 bridgehead atoms. The van der Waals surface area contributed by atoms with E-state index >= 15 is 0 Å². The van der Waals surface area contributed by atoms with E-state index in [1.807, 2.05) is 11.3 Å². The molecule has 1 saturated heterocycles. The monoisotopic (exact) mass is 282 g/mol. The van der Waals surface area contributed by atoms with Crippen LogP contribution < -0.4 is 5.32 Å². The van der Waals surface area contributed by atoms with E-state index in [1.54, 1.807) is 0 Å². The van der Waals surface area contributed by atoms with Crippen molar-refractivity contribution in [3.63, 3.8) is 0 Å². The Labute approximate surface area is 120 Å². The molecule has 0 aromatic carbocycles. The number of rotatable bonds is 4. The molecule has 108 valence electrons. The van der Waals surface area contributed by atoms with Crippen molar-refractivity contribution < 1.29 is 4.74 Å². The first-order valence-electron chi connectivity index (χ1n) is 7.31. The molecule has 1 aliphatic rings. The Hall–Kier alpha value is -0.450. The Morgan fingerprint density at radius 3 is 2.79 bits per heavy atom. The summed E-state index contributed by atoms with van der Waals surface area (Å²) in [5, 5.41) is 4.71. The second-order valence-corrected chi connectivity index (χ2v) is 7.38.